The molecule has 19 heavy (non-hydrogen) atoms. The van der Waals surface area contributed by atoms with Crippen LogP contribution < -0.4 is 9.47 Å². The molecule has 1 atom stereocenters. The van der Waals surface area contributed by atoms with Crippen LogP contribution in [0.2, 0.25) is 0 Å². The Morgan fingerprint density at radius 1 is 1.32 bits per heavy atom. The molecular weight excluding hydrogens is 251 g/mol. The van der Waals surface area contributed by atoms with Crippen molar-refractivity contribution in [3.05, 3.63) is 23.3 Å². The largest absolute Gasteiger partial charge is 0.496 e. The van der Waals surface area contributed by atoms with E-state index < -0.39 is 17.6 Å². The molecule has 5 heteroatoms. The van der Waals surface area contributed by atoms with Crippen LogP contribution in [0.1, 0.15) is 37.1 Å². The molecule has 1 aliphatic rings. The Morgan fingerprint density at radius 2 is 1.89 bits per heavy atom. The van der Waals surface area contributed by atoms with Gasteiger partial charge < -0.3 is 14.6 Å². The Labute approximate surface area is 111 Å². The highest BCUT2D eigenvalue weighted by Gasteiger charge is 2.53. The summed E-state index contributed by atoms with van der Waals surface area (Å²) < 4.78 is 24.0. The van der Waals surface area contributed by atoms with Gasteiger partial charge in [0.15, 0.2) is 0 Å². The van der Waals surface area contributed by atoms with Crippen LogP contribution in [-0.2, 0) is 10.2 Å². The molecule has 1 fully saturated rings. The summed E-state index contributed by atoms with van der Waals surface area (Å²) in [6.07, 6.45) is -0.139. The first kappa shape index (κ1) is 13.6. The van der Waals surface area contributed by atoms with Crippen molar-refractivity contribution in [3.63, 3.8) is 0 Å². The van der Waals surface area contributed by atoms with Gasteiger partial charge in [-0.15, -0.1) is 0 Å². The van der Waals surface area contributed by atoms with Crippen LogP contribution in [-0.4, -0.2) is 25.3 Å². The number of hydrogen-bond donors (Lipinski definition) is 1. The molecule has 4 nitrogen and oxygen atoms in total. The van der Waals surface area contributed by atoms with Crippen molar-refractivity contribution in [2.45, 2.75) is 31.4 Å². The Morgan fingerprint density at radius 3 is 2.26 bits per heavy atom. The SMILES string of the molecule is COc1cc(OC)c(C2(C(=O)O)CC2)cc1C(C)F. The smallest absolute Gasteiger partial charge is 0.314 e. The van der Waals surface area contributed by atoms with Gasteiger partial charge in [0.2, 0.25) is 0 Å². The summed E-state index contributed by atoms with van der Waals surface area (Å²) in [4.78, 5) is 11.4. The monoisotopic (exact) mass is 268 g/mol. The minimum Gasteiger partial charge on any atom is -0.496 e. The molecule has 0 amide bonds. The third-order valence-electron chi connectivity index (χ3n) is 3.66. The molecule has 0 aromatic heterocycles. The summed E-state index contributed by atoms with van der Waals surface area (Å²) in [6.45, 7) is 1.40. The van der Waals surface area contributed by atoms with Gasteiger partial charge in [-0.05, 0) is 25.8 Å². The number of aliphatic carboxylic acids is 1. The van der Waals surface area contributed by atoms with Crippen LogP contribution in [0.15, 0.2) is 12.1 Å². The minimum absolute atomic E-state index is 0.353. The fourth-order valence-corrected chi connectivity index (χ4v) is 2.33. The summed E-state index contributed by atoms with van der Waals surface area (Å²) in [5, 5.41) is 9.35. The number of benzene rings is 1. The van der Waals surface area contributed by atoms with E-state index in [9.17, 15) is 14.3 Å². The van der Waals surface area contributed by atoms with E-state index in [0.29, 0.717) is 35.5 Å². The number of rotatable bonds is 5. The molecule has 1 aliphatic carbocycles. The Bertz CT molecular complexity index is 506. The first-order chi connectivity index (χ1) is 8.96. The van der Waals surface area contributed by atoms with E-state index in [1.54, 1.807) is 12.1 Å². The maximum atomic E-state index is 13.6. The van der Waals surface area contributed by atoms with Crippen molar-refractivity contribution in [1.82, 2.24) is 0 Å². The van der Waals surface area contributed by atoms with Crippen LogP contribution in [0.25, 0.3) is 0 Å². The van der Waals surface area contributed by atoms with Gasteiger partial charge in [-0.2, -0.15) is 0 Å². The number of hydrogen-bond acceptors (Lipinski definition) is 3. The zero-order valence-corrected chi connectivity index (χ0v) is 11.2. The maximum Gasteiger partial charge on any atom is 0.314 e. The highest BCUT2D eigenvalue weighted by Crippen LogP contribution is 2.53. The van der Waals surface area contributed by atoms with E-state index >= 15 is 0 Å². The summed E-state index contributed by atoms with van der Waals surface area (Å²) >= 11 is 0. The lowest BCUT2D eigenvalue weighted by atomic mass is 9.92. The Balaban J connectivity index is 2.60. The second-order valence-corrected chi connectivity index (χ2v) is 4.80. The normalized spacial score (nSPS) is 17.7. The summed E-state index contributed by atoms with van der Waals surface area (Å²) in [6, 6.07) is 3.12. The number of ether oxygens (including phenoxy) is 2. The first-order valence-corrected chi connectivity index (χ1v) is 6.10. The predicted octanol–water partition coefficient (Wildman–Crippen LogP) is 2.85. The van der Waals surface area contributed by atoms with Crippen LogP contribution in [0.4, 0.5) is 4.39 Å². The molecule has 1 N–H and O–H groups in total. The molecule has 0 bridgehead atoms. The third-order valence-corrected chi connectivity index (χ3v) is 3.66. The lowest BCUT2D eigenvalue weighted by molar-refractivity contribution is -0.140. The number of methoxy groups -OCH3 is 2. The number of carboxylic acids is 1. The van der Waals surface area contributed by atoms with Gasteiger partial charge in [-0.1, -0.05) is 0 Å². The standard InChI is InChI=1S/C14H17FO4/c1-8(15)9-6-10(14(4-5-14)13(16)17)12(19-3)7-11(9)18-2/h6-8H,4-5H2,1-3H3,(H,16,17). The zero-order valence-electron chi connectivity index (χ0n) is 11.2. The Hall–Kier alpha value is -1.78. The second-order valence-electron chi connectivity index (χ2n) is 4.80. The molecule has 0 heterocycles. The lowest BCUT2D eigenvalue weighted by Crippen LogP contribution is -2.20. The van der Waals surface area contributed by atoms with Crippen LogP contribution in [0.5, 0.6) is 11.5 Å². The molecule has 104 valence electrons. The highest BCUT2D eigenvalue weighted by atomic mass is 19.1. The molecule has 1 saturated carbocycles. The van der Waals surface area contributed by atoms with Crippen LogP contribution >= 0.6 is 0 Å². The van der Waals surface area contributed by atoms with E-state index in [1.165, 1.54) is 21.1 Å². The summed E-state index contributed by atoms with van der Waals surface area (Å²) in [5.41, 5.74) is -0.0463. The van der Waals surface area contributed by atoms with Gasteiger partial charge >= 0.3 is 5.97 Å². The first-order valence-electron chi connectivity index (χ1n) is 6.10. The van der Waals surface area contributed by atoms with Crippen molar-refractivity contribution in [2.75, 3.05) is 14.2 Å². The lowest BCUT2D eigenvalue weighted by Gasteiger charge is -2.19. The van der Waals surface area contributed by atoms with E-state index in [-0.39, 0.29) is 0 Å². The second kappa shape index (κ2) is 4.72. The quantitative estimate of drug-likeness (QED) is 0.892. The molecule has 1 aromatic carbocycles. The fourth-order valence-electron chi connectivity index (χ4n) is 2.33. The zero-order chi connectivity index (χ0) is 14.2. The van der Waals surface area contributed by atoms with E-state index in [4.69, 9.17) is 9.47 Å². The molecule has 0 aliphatic heterocycles. The molecular formula is C14H17FO4. The van der Waals surface area contributed by atoms with Crippen molar-refractivity contribution >= 4 is 5.97 Å². The number of alkyl halides is 1. The average molecular weight is 268 g/mol. The van der Waals surface area contributed by atoms with Crippen molar-refractivity contribution in [2.24, 2.45) is 0 Å². The summed E-state index contributed by atoms with van der Waals surface area (Å²) in [5.74, 6) is -0.0913. The van der Waals surface area contributed by atoms with Crippen LogP contribution in [0.3, 0.4) is 0 Å². The topological polar surface area (TPSA) is 55.8 Å². The molecule has 0 saturated heterocycles. The van der Waals surface area contributed by atoms with E-state index in [1.807, 2.05) is 0 Å². The summed E-state index contributed by atoms with van der Waals surface area (Å²) in [7, 11) is 2.92. The van der Waals surface area contributed by atoms with Crippen molar-refractivity contribution in [1.29, 1.82) is 0 Å². The molecule has 1 aromatic rings. The van der Waals surface area contributed by atoms with Crippen LogP contribution in [0, 0.1) is 0 Å². The van der Waals surface area contributed by atoms with Gasteiger partial charge in [-0.3, -0.25) is 4.79 Å². The molecule has 0 spiro atoms. The van der Waals surface area contributed by atoms with Crippen molar-refractivity contribution < 1.29 is 23.8 Å². The third kappa shape index (κ3) is 2.13. The predicted molar refractivity (Wildman–Crippen MR) is 67.6 cm³/mol. The molecule has 0 radical (unpaired) electrons. The number of carbonyl (C=O) groups is 1. The van der Waals surface area contributed by atoms with Gasteiger partial charge in [0.25, 0.3) is 0 Å². The maximum absolute atomic E-state index is 13.6. The average Bonchev–Trinajstić information content (AvgIpc) is 3.18. The van der Waals surface area contributed by atoms with Gasteiger partial charge in [0.05, 0.1) is 19.6 Å². The van der Waals surface area contributed by atoms with Crippen molar-refractivity contribution in [3.8, 4) is 11.5 Å². The fraction of sp³-hybridized carbons (Fsp3) is 0.500. The number of halogens is 1. The number of carboxylic acid groups (broad SMARTS) is 1. The van der Waals surface area contributed by atoms with Gasteiger partial charge in [0.1, 0.15) is 17.7 Å². The van der Waals surface area contributed by atoms with E-state index in [0.717, 1.165) is 0 Å². The van der Waals surface area contributed by atoms with E-state index in [2.05, 4.69) is 0 Å². The van der Waals surface area contributed by atoms with Gasteiger partial charge in [-0.25, -0.2) is 4.39 Å². The van der Waals surface area contributed by atoms with Gasteiger partial charge in [0, 0.05) is 17.2 Å². The highest BCUT2D eigenvalue weighted by molar-refractivity contribution is 5.86. The minimum atomic E-state index is -1.23. The molecule has 1 unspecified atom stereocenters. The molecule has 2 rings (SSSR count). The Kier molecular flexibility index (Phi) is 3.39.